The number of aromatic nitrogens is 4. The van der Waals surface area contributed by atoms with Crippen LogP contribution in [0.4, 0.5) is 11.6 Å². The van der Waals surface area contributed by atoms with Crippen molar-refractivity contribution in [3.63, 3.8) is 0 Å². The highest BCUT2D eigenvalue weighted by atomic mass is 15.5. The van der Waals surface area contributed by atoms with E-state index >= 15 is 0 Å². The van der Waals surface area contributed by atoms with Gasteiger partial charge >= 0.3 is 0 Å². The molecule has 0 aromatic carbocycles. The van der Waals surface area contributed by atoms with Crippen LogP contribution in [0.15, 0.2) is 18.6 Å². The number of fused-ring (bicyclic) bond motifs is 1. The van der Waals surface area contributed by atoms with Crippen LogP contribution in [0.5, 0.6) is 0 Å². The number of hydrogen-bond acceptors (Lipinski definition) is 7. The normalized spacial score (nSPS) is 14.0. The zero-order valence-corrected chi connectivity index (χ0v) is 10.9. The highest BCUT2D eigenvalue weighted by molar-refractivity contribution is 5.60. The monoisotopic (exact) mass is 257 g/mol. The quantitative estimate of drug-likeness (QED) is 0.847. The van der Waals surface area contributed by atoms with Gasteiger partial charge in [-0.2, -0.15) is 0 Å². The van der Waals surface area contributed by atoms with Gasteiger partial charge in [0.1, 0.15) is 11.6 Å². The summed E-state index contributed by atoms with van der Waals surface area (Å²) in [5, 5.41) is 5.28. The molecule has 2 aromatic rings. The third-order valence-electron chi connectivity index (χ3n) is 2.86. The largest absolute Gasteiger partial charge is 0.364 e. The predicted molar refractivity (Wildman–Crippen MR) is 71.2 cm³/mol. The van der Waals surface area contributed by atoms with Crippen LogP contribution in [-0.4, -0.2) is 32.0 Å². The molecule has 0 bridgehead atoms. The van der Waals surface area contributed by atoms with Crippen LogP contribution in [0, 0.1) is 6.92 Å². The molecule has 0 atom stereocenters. The summed E-state index contributed by atoms with van der Waals surface area (Å²) in [5.41, 5.74) is 5.15. The Balaban J connectivity index is 1.82. The van der Waals surface area contributed by atoms with Crippen molar-refractivity contribution in [3.05, 3.63) is 35.7 Å². The van der Waals surface area contributed by atoms with E-state index < -0.39 is 0 Å². The van der Waals surface area contributed by atoms with Crippen molar-refractivity contribution in [1.82, 2.24) is 24.9 Å². The molecule has 2 aromatic heterocycles. The van der Waals surface area contributed by atoms with Gasteiger partial charge in [-0.3, -0.25) is 9.97 Å². The summed E-state index contributed by atoms with van der Waals surface area (Å²) in [5.74, 6) is 2.46. The molecule has 0 saturated heterocycles. The molecule has 0 spiro atoms. The summed E-state index contributed by atoms with van der Waals surface area (Å²) < 4.78 is 0. The second-order valence-electron chi connectivity index (χ2n) is 4.46. The van der Waals surface area contributed by atoms with E-state index in [0.717, 1.165) is 35.3 Å². The molecule has 0 aliphatic carbocycles. The fraction of sp³-hybridized carbons (Fsp3) is 0.333. The first-order chi connectivity index (χ1) is 9.22. The smallest absolute Gasteiger partial charge is 0.150 e. The van der Waals surface area contributed by atoms with Crippen molar-refractivity contribution in [2.75, 3.05) is 17.8 Å². The van der Waals surface area contributed by atoms with Crippen molar-refractivity contribution in [2.45, 2.75) is 20.0 Å². The lowest BCUT2D eigenvalue weighted by atomic mass is 10.2. The van der Waals surface area contributed by atoms with Gasteiger partial charge < -0.3 is 10.7 Å². The van der Waals surface area contributed by atoms with E-state index in [1.807, 2.05) is 19.0 Å². The predicted octanol–water partition coefficient (Wildman–Crippen LogP) is 0.959. The fourth-order valence-electron chi connectivity index (χ4n) is 2.04. The molecule has 3 rings (SSSR count). The molecule has 0 amide bonds. The molecule has 3 heterocycles. The molecule has 19 heavy (non-hydrogen) atoms. The molecule has 98 valence electrons. The van der Waals surface area contributed by atoms with Crippen LogP contribution < -0.4 is 10.7 Å². The Kier molecular flexibility index (Phi) is 2.96. The molecule has 1 aliphatic heterocycles. The number of rotatable bonds is 3. The first-order valence-electron chi connectivity index (χ1n) is 6.06. The number of hydrazine groups is 1. The van der Waals surface area contributed by atoms with E-state index in [1.165, 1.54) is 0 Å². The van der Waals surface area contributed by atoms with Crippen LogP contribution in [0.2, 0.25) is 0 Å². The Labute approximate surface area is 111 Å². The van der Waals surface area contributed by atoms with E-state index in [0.29, 0.717) is 6.54 Å². The Bertz CT molecular complexity index is 584. The van der Waals surface area contributed by atoms with E-state index in [-0.39, 0.29) is 0 Å². The number of aryl methyl sites for hydroxylation is 1. The third-order valence-corrected chi connectivity index (χ3v) is 2.86. The van der Waals surface area contributed by atoms with Gasteiger partial charge in [-0.05, 0) is 6.92 Å². The maximum Gasteiger partial charge on any atom is 0.150 e. The lowest BCUT2D eigenvalue weighted by Gasteiger charge is -2.09. The number of nitrogens with one attached hydrogen (secondary N) is 2. The Morgan fingerprint density at radius 3 is 3.05 bits per heavy atom. The molecule has 7 heteroatoms. The standard InChI is InChI=1S/C12H15N7/c1-8-16-11(10-7-19(2)18-12(10)17-8)15-6-9-5-13-3-4-14-9/h3-5H,6-7H2,1-2H3,(H2,15,16,17,18). The van der Waals surface area contributed by atoms with Gasteiger partial charge in [0.05, 0.1) is 30.5 Å². The summed E-state index contributed by atoms with van der Waals surface area (Å²) in [6, 6.07) is 0. The molecule has 0 fully saturated rings. The summed E-state index contributed by atoms with van der Waals surface area (Å²) in [6.07, 6.45) is 5.09. The maximum atomic E-state index is 4.46. The molecular weight excluding hydrogens is 242 g/mol. The zero-order chi connectivity index (χ0) is 13.2. The van der Waals surface area contributed by atoms with Crippen LogP contribution >= 0.6 is 0 Å². The van der Waals surface area contributed by atoms with Gasteiger partial charge in [0.25, 0.3) is 0 Å². The van der Waals surface area contributed by atoms with Crippen molar-refractivity contribution >= 4 is 11.6 Å². The average molecular weight is 257 g/mol. The van der Waals surface area contributed by atoms with Gasteiger partial charge in [0, 0.05) is 19.4 Å². The number of anilines is 2. The highest BCUT2D eigenvalue weighted by Crippen LogP contribution is 2.27. The van der Waals surface area contributed by atoms with Crippen molar-refractivity contribution in [3.8, 4) is 0 Å². The summed E-state index contributed by atoms with van der Waals surface area (Å²) in [6.45, 7) is 3.26. The molecule has 0 saturated carbocycles. The first kappa shape index (κ1) is 11.8. The molecular formula is C12H15N7. The molecule has 1 aliphatic rings. The molecule has 0 unspecified atom stereocenters. The van der Waals surface area contributed by atoms with Gasteiger partial charge in [-0.1, -0.05) is 0 Å². The average Bonchev–Trinajstić information content (AvgIpc) is 2.77. The Hall–Kier alpha value is -2.28. The van der Waals surface area contributed by atoms with Crippen LogP contribution in [0.1, 0.15) is 17.1 Å². The lowest BCUT2D eigenvalue weighted by molar-refractivity contribution is 0.422. The number of hydrogen-bond donors (Lipinski definition) is 2. The maximum absolute atomic E-state index is 4.46. The van der Waals surface area contributed by atoms with Crippen LogP contribution in [-0.2, 0) is 13.1 Å². The van der Waals surface area contributed by atoms with Gasteiger partial charge in [0.2, 0.25) is 0 Å². The van der Waals surface area contributed by atoms with E-state index in [9.17, 15) is 0 Å². The molecule has 0 radical (unpaired) electrons. The summed E-state index contributed by atoms with van der Waals surface area (Å²) >= 11 is 0. The summed E-state index contributed by atoms with van der Waals surface area (Å²) in [7, 11) is 1.98. The third kappa shape index (κ3) is 2.45. The van der Waals surface area contributed by atoms with E-state index in [2.05, 4.69) is 30.7 Å². The molecule has 2 N–H and O–H groups in total. The minimum absolute atomic E-state index is 0.598. The minimum atomic E-state index is 0.598. The minimum Gasteiger partial charge on any atom is -0.364 e. The lowest BCUT2D eigenvalue weighted by Crippen LogP contribution is -2.17. The second-order valence-corrected chi connectivity index (χ2v) is 4.46. The first-order valence-corrected chi connectivity index (χ1v) is 6.06. The summed E-state index contributed by atoms with van der Waals surface area (Å²) in [4.78, 5) is 17.1. The second kappa shape index (κ2) is 4.77. The Morgan fingerprint density at radius 1 is 1.37 bits per heavy atom. The van der Waals surface area contributed by atoms with Gasteiger partial charge in [-0.25, -0.2) is 15.0 Å². The van der Waals surface area contributed by atoms with Crippen LogP contribution in [0.3, 0.4) is 0 Å². The SMILES string of the molecule is Cc1nc(NCc2cnccn2)c2c(n1)NN(C)C2. The highest BCUT2D eigenvalue weighted by Gasteiger charge is 2.21. The Morgan fingerprint density at radius 2 is 2.26 bits per heavy atom. The van der Waals surface area contributed by atoms with E-state index in [1.54, 1.807) is 18.6 Å². The molecule has 7 nitrogen and oxygen atoms in total. The number of nitrogens with zero attached hydrogens (tertiary/aromatic N) is 5. The zero-order valence-electron chi connectivity index (χ0n) is 10.9. The fourth-order valence-corrected chi connectivity index (χ4v) is 2.04. The topological polar surface area (TPSA) is 78.9 Å². The van der Waals surface area contributed by atoms with Gasteiger partial charge in [0.15, 0.2) is 5.82 Å². The van der Waals surface area contributed by atoms with Crippen LogP contribution in [0.25, 0.3) is 0 Å². The van der Waals surface area contributed by atoms with Crippen molar-refractivity contribution in [2.24, 2.45) is 0 Å². The van der Waals surface area contributed by atoms with Gasteiger partial charge in [-0.15, -0.1) is 0 Å². The van der Waals surface area contributed by atoms with E-state index in [4.69, 9.17) is 0 Å². The van der Waals surface area contributed by atoms with Crippen molar-refractivity contribution in [1.29, 1.82) is 0 Å². The van der Waals surface area contributed by atoms with Crippen molar-refractivity contribution < 1.29 is 0 Å².